The summed E-state index contributed by atoms with van der Waals surface area (Å²) >= 11 is 0. The highest BCUT2D eigenvalue weighted by Gasteiger charge is 2.23. The minimum atomic E-state index is -0.554. The largest absolute Gasteiger partial charge is 0.496 e. The van der Waals surface area contributed by atoms with E-state index >= 15 is 0 Å². The number of amides is 2. The van der Waals surface area contributed by atoms with Crippen molar-refractivity contribution in [3.8, 4) is 5.75 Å². The van der Waals surface area contributed by atoms with Crippen molar-refractivity contribution in [2.24, 2.45) is 5.73 Å². The molecular weight excluding hydrogens is 376 g/mol. The van der Waals surface area contributed by atoms with Crippen molar-refractivity contribution in [3.63, 3.8) is 0 Å². The zero-order valence-corrected chi connectivity index (χ0v) is 17.2. The van der Waals surface area contributed by atoms with E-state index in [0.29, 0.717) is 24.1 Å². The highest BCUT2D eigenvalue weighted by molar-refractivity contribution is 5.99. The van der Waals surface area contributed by atoms with Gasteiger partial charge < -0.3 is 15.4 Å². The zero-order chi connectivity index (χ0) is 21.5. The molecule has 30 heavy (non-hydrogen) atoms. The van der Waals surface area contributed by atoms with Gasteiger partial charge in [-0.15, -0.1) is 0 Å². The van der Waals surface area contributed by atoms with Gasteiger partial charge in [-0.25, -0.2) is 0 Å². The molecule has 0 saturated heterocycles. The fourth-order valence-electron chi connectivity index (χ4n) is 3.48. The van der Waals surface area contributed by atoms with E-state index in [9.17, 15) is 9.59 Å². The van der Waals surface area contributed by atoms with Crippen LogP contribution in [0.4, 0.5) is 0 Å². The lowest BCUT2D eigenvalue weighted by Crippen LogP contribution is -2.39. The Morgan fingerprint density at radius 1 is 0.933 bits per heavy atom. The van der Waals surface area contributed by atoms with Gasteiger partial charge in [0.05, 0.1) is 7.11 Å². The third-order valence-electron chi connectivity index (χ3n) is 5.09. The summed E-state index contributed by atoms with van der Waals surface area (Å²) in [5.74, 6) is 0.0952. The van der Waals surface area contributed by atoms with Crippen LogP contribution in [-0.4, -0.2) is 29.9 Å². The number of nitrogens with zero attached hydrogens (tertiary/aromatic N) is 1. The van der Waals surface area contributed by atoms with Crippen LogP contribution in [0.1, 0.15) is 38.8 Å². The molecular formula is C25H26N2O3. The Kier molecular flexibility index (Phi) is 6.86. The minimum absolute atomic E-state index is 0.105. The van der Waals surface area contributed by atoms with Crippen LogP contribution < -0.4 is 10.5 Å². The molecule has 5 heteroatoms. The number of carbonyl (C=O) groups is 2. The van der Waals surface area contributed by atoms with Crippen LogP contribution >= 0.6 is 0 Å². The van der Waals surface area contributed by atoms with E-state index in [4.69, 9.17) is 10.5 Å². The summed E-state index contributed by atoms with van der Waals surface area (Å²) in [6, 6.07) is 24.1. The quantitative estimate of drug-likeness (QED) is 0.617. The first-order valence-electron chi connectivity index (χ1n) is 9.86. The van der Waals surface area contributed by atoms with Crippen molar-refractivity contribution in [1.82, 2.24) is 4.90 Å². The Morgan fingerprint density at radius 2 is 1.60 bits per heavy atom. The Labute approximate surface area is 177 Å². The molecule has 0 saturated carbocycles. The summed E-state index contributed by atoms with van der Waals surface area (Å²) in [6.45, 7) is 2.47. The average Bonchev–Trinajstić information content (AvgIpc) is 2.78. The standard InChI is InChI=1S/C25H26N2O3/c1-18(15-20-11-6-7-14-23(20)30-2)27(17-19-9-4-3-5-10-19)25(29)22-13-8-12-21(16-22)24(26)28/h3-14,16,18H,15,17H2,1-2H3,(H2,26,28). The molecule has 3 aromatic rings. The molecule has 3 aromatic carbocycles. The number of benzene rings is 3. The number of methoxy groups -OCH3 is 1. The maximum atomic E-state index is 13.5. The van der Waals surface area contributed by atoms with E-state index in [1.54, 1.807) is 31.4 Å². The number of hydrogen-bond acceptors (Lipinski definition) is 3. The Hall–Kier alpha value is -3.60. The van der Waals surface area contributed by atoms with Crippen molar-refractivity contribution in [1.29, 1.82) is 0 Å². The molecule has 0 bridgehead atoms. The Bertz CT molecular complexity index is 1020. The second kappa shape index (κ2) is 9.74. The highest BCUT2D eigenvalue weighted by atomic mass is 16.5. The summed E-state index contributed by atoms with van der Waals surface area (Å²) < 4.78 is 5.48. The number of ether oxygens (including phenoxy) is 1. The molecule has 0 spiro atoms. The molecule has 0 heterocycles. The van der Waals surface area contributed by atoms with Gasteiger partial charge in [0, 0.05) is 23.7 Å². The molecule has 1 unspecified atom stereocenters. The predicted octanol–water partition coefficient (Wildman–Crippen LogP) is 4.07. The SMILES string of the molecule is COc1ccccc1CC(C)N(Cc1ccccc1)C(=O)c1cccc(C(N)=O)c1. The predicted molar refractivity (Wildman–Crippen MR) is 117 cm³/mol. The topological polar surface area (TPSA) is 72.6 Å². The first kappa shape index (κ1) is 21.1. The average molecular weight is 402 g/mol. The van der Waals surface area contributed by atoms with Gasteiger partial charge in [-0.1, -0.05) is 54.6 Å². The number of nitrogens with two attached hydrogens (primary N) is 1. The lowest BCUT2D eigenvalue weighted by atomic mass is 10.0. The van der Waals surface area contributed by atoms with Crippen molar-refractivity contribution in [2.45, 2.75) is 25.9 Å². The number of carbonyl (C=O) groups excluding carboxylic acids is 2. The third kappa shape index (κ3) is 5.06. The number of para-hydroxylation sites is 1. The molecule has 0 radical (unpaired) electrons. The molecule has 0 aromatic heterocycles. The summed E-state index contributed by atoms with van der Waals surface area (Å²) in [6.07, 6.45) is 0.637. The van der Waals surface area contributed by atoms with E-state index in [1.807, 2.05) is 66.4 Å². The van der Waals surface area contributed by atoms with Gasteiger partial charge in [-0.3, -0.25) is 9.59 Å². The first-order chi connectivity index (χ1) is 14.5. The van der Waals surface area contributed by atoms with E-state index in [-0.39, 0.29) is 11.9 Å². The molecule has 0 aliphatic heterocycles. The van der Waals surface area contributed by atoms with Gasteiger partial charge in [0.15, 0.2) is 0 Å². The van der Waals surface area contributed by atoms with Crippen molar-refractivity contribution in [3.05, 3.63) is 101 Å². The summed E-state index contributed by atoms with van der Waals surface area (Å²) in [4.78, 5) is 26.8. The Balaban J connectivity index is 1.92. The maximum Gasteiger partial charge on any atom is 0.254 e. The highest BCUT2D eigenvalue weighted by Crippen LogP contribution is 2.23. The summed E-state index contributed by atoms with van der Waals surface area (Å²) in [5.41, 5.74) is 8.22. The van der Waals surface area contributed by atoms with E-state index < -0.39 is 5.91 Å². The van der Waals surface area contributed by atoms with Gasteiger partial charge in [0.25, 0.3) is 5.91 Å². The Morgan fingerprint density at radius 3 is 2.30 bits per heavy atom. The molecule has 2 amide bonds. The van der Waals surface area contributed by atoms with Crippen LogP contribution in [0.5, 0.6) is 5.75 Å². The van der Waals surface area contributed by atoms with Crippen LogP contribution in [0, 0.1) is 0 Å². The molecule has 3 rings (SSSR count). The van der Waals surface area contributed by atoms with Gasteiger partial charge >= 0.3 is 0 Å². The van der Waals surface area contributed by atoms with Crippen LogP contribution in [0.2, 0.25) is 0 Å². The molecule has 0 aliphatic carbocycles. The smallest absolute Gasteiger partial charge is 0.254 e. The van der Waals surface area contributed by atoms with Gasteiger partial charge in [-0.05, 0) is 48.7 Å². The molecule has 0 fully saturated rings. The molecule has 154 valence electrons. The van der Waals surface area contributed by atoms with E-state index in [1.165, 1.54) is 0 Å². The van der Waals surface area contributed by atoms with E-state index in [0.717, 1.165) is 16.9 Å². The van der Waals surface area contributed by atoms with E-state index in [2.05, 4.69) is 0 Å². The van der Waals surface area contributed by atoms with Gasteiger partial charge in [-0.2, -0.15) is 0 Å². The lowest BCUT2D eigenvalue weighted by Gasteiger charge is -2.30. The summed E-state index contributed by atoms with van der Waals surface area (Å²) in [5, 5.41) is 0. The number of rotatable bonds is 8. The minimum Gasteiger partial charge on any atom is -0.496 e. The first-order valence-corrected chi connectivity index (χ1v) is 9.86. The maximum absolute atomic E-state index is 13.5. The van der Waals surface area contributed by atoms with Crippen LogP contribution in [0.3, 0.4) is 0 Å². The second-order valence-corrected chi connectivity index (χ2v) is 7.23. The van der Waals surface area contributed by atoms with Crippen molar-refractivity contribution < 1.29 is 14.3 Å². The van der Waals surface area contributed by atoms with Crippen molar-refractivity contribution >= 4 is 11.8 Å². The number of hydrogen-bond donors (Lipinski definition) is 1. The van der Waals surface area contributed by atoms with Crippen LogP contribution in [0.25, 0.3) is 0 Å². The number of primary amides is 1. The fourth-order valence-corrected chi connectivity index (χ4v) is 3.48. The van der Waals surface area contributed by atoms with Crippen LogP contribution in [-0.2, 0) is 13.0 Å². The lowest BCUT2D eigenvalue weighted by molar-refractivity contribution is 0.0674. The third-order valence-corrected chi connectivity index (χ3v) is 5.09. The molecule has 2 N–H and O–H groups in total. The van der Waals surface area contributed by atoms with Gasteiger partial charge in [0.1, 0.15) is 5.75 Å². The molecule has 0 aliphatic rings. The monoisotopic (exact) mass is 402 g/mol. The van der Waals surface area contributed by atoms with Gasteiger partial charge in [0.2, 0.25) is 5.91 Å². The normalized spacial score (nSPS) is 11.5. The van der Waals surface area contributed by atoms with Crippen molar-refractivity contribution in [2.75, 3.05) is 7.11 Å². The molecule has 1 atom stereocenters. The molecule has 5 nitrogen and oxygen atoms in total. The zero-order valence-electron chi connectivity index (χ0n) is 17.2. The second-order valence-electron chi connectivity index (χ2n) is 7.23. The fraction of sp³-hybridized carbons (Fsp3) is 0.200. The van der Waals surface area contributed by atoms with Crippen LogP contribution in [0.15, 0.2) is 78.9 Å². The summed E-state index contributed by atoms with van der Waals surface area (Å²) in [7, 11) is 1.64.